The number of nitrogens with two attached hydrogens (primary N) is 2. The van der Waals surface area contributed by atoms with Crippen LogP contribution in [0.5, 0.6) is 5.75 Å². The molecule has 1 aliphatic heterocycles. The number of carbonyl (C=O) groups is 4. The number of benzene rings is 1. The number of aromatic amines is 1. The van der Waals surface area contributed by atoms with Crippen LogP contribution in [0.2, 0.25) is 0 Å². The maximum absolute atomic E-state index is 13.3. The third-order valence-electron chi connectivity index (χ3n) is 6.96. The molecular formula is C29H42N8O7. The molecule has 0 aliphatic carbocycles. The number of ether oxygens (including phenoxy) is 1. The third-order valence-corrected chi connectivity index (χ3v) is 6.96. The fourth-order valence-corrected chi connectivity index (χ4v) is 4.60. The van der Waals surface area contributed by atoms with Gasteiger partial charge in [0.15, 0.2) is 0 Å². The van der Waals surface area contributed by atoms with Gasteiger partial charge in [0, 0.05) is 24.0 Å². The molecule has 1 aromatic carbocycles. The Kier molecular flexibility index (Phi) is 12.2. The van der Waals surface area contributed by atoms with E-state index < -0.39 is 47.1 Å². The number of fused-ring (bicyclic) bond motifs is 1. The average Bonchev–Trinajstić information content (AvgIpc) is 2.96. The first-order valence-corrected chi connectivity index (χ1v) is 14.6. The Labute approximate surface area is 254 Å². The predicted molar refractivity (Wildman–Crippen MR) is 163 cm³/mol. The van der Waals surface area contributed by atoms with Gasteiger partial charge in [-0.25, -0.2) is 4.79 Å². The molecule has 0 bridgehead atoms. The fourth-order valence-electron chi connectivity index (χ4n) is 4.60. The van der Waals surface area contributed by atoms with E-state index in [4.69, 9.17) is 16.2 Å². The summed E-state index contributed by atoms with van der Waals surface area (Å²) in [6, 6.07) is 2.00. The maximum Gasteiger partial charge on any atom is 0.328 e. The van der Waals surface area contributed by atoms with Crippen LogP contribution < -0.4 is 48.7 Å². The minimum Gasteiger partial charge on any atom is -0.491 e. The lowest BCUT2D eigenvalue weighted by atomic mass is 10.0. The van der Waals surface area contributed by atoms with E-state index in [0.29, 0.717) is 25.8 Å². The molecule has 0 saturated heterocycles. The molecule has 1 unspecified atom stereocenters. The molecule has 1 aliphatic rings. The number of carbonyl (C=O) groups excluding carboxylic acids is 4. The Morgan fingerprint density at radius 2 is 1.86 bits per heavy atom. The number of amides is 4. The van der Waals surface area contributed by atoms with E-state index in [-0.39, 0.29) is 54.1 Å². The lowest BCUT2D eigenvalue weighted by Gasteiger charge is -2.26. The van der Waals surface area contributed by atoms with Gasteiger partial charge in [-0.3, -0.25) is 33.5 Å². The average molecular weight is 615 g/mol. The van der Waals surface area contributed by atoms with Gasteiger partial charge in [-0.1, -0.05) is 20.3 Å². The maximum atomic E-state index is 13.3. The highest BCUT2D eigenvalue weighted by Gasteiger charge is 2.28. The van der Waals surface area contributed by atoms with E-state index in [1.54, 1.807) is 0 Å². The zero-order valence-corrected chi connectivity index (χ0v) is 25.2. The molecule has 15 nitrogen and oxygen atoms in total. The molecule has 0 radical (unpaired) electrons. The summed E-state index contributed by atoms with van der Waals surface area (Å²) >= 11 is 0. The molecule has 4 amide bonds. The Hall–Kier alpha value is -4.50. The molecule has 9 N–H and O–H groups in total. The molecule has 0 fully saturated rings. The topological polar surface area (TPSA) is 233 Å². The zero-order chi connectivity index (χ0) is 32.4. The molecule has 3 atom stereocenters. The van der Waals surface area contributed by atoms with Crippen molar-refractivity contribution in [2.45, 2.75) is 71.1 Å². The number of nitrogens with zero attached hydrogens (tertiary/aromatic N) is 1. The number of anilines is 1. The van der Waals surface area contributed by atoms with Crippen molar-refractivity contribution in [3.8, 4) is 5.75 Å². The molecule has 240 valence electrons. The van der Waals surface area contributed by atoms with Crippen LogP contribution in [0, 0.1) is 12.8 Å². The summed E-state index contributed by atoms with van der Waals surface area (Å²) in [5.41, 5.74) is 11.0. The van der Waals surface area contributed by atoms with Gasteiger partial charge in [-0.2, -0.15) is 0 Å². The van der Waals surface area contributed by atoms with Gasteiger partial charge in [0.2, 0.25) is 17.7 Å². The predicted octanol–water partition coefficient (Wildman–Crippen LogP) is -0.922. The number of H-pyrrole nitrogens is 1. The molecular weight excluding hydrogens is 572 g/mol. The summed E-state index contributed by atoms with van der Waals surface area (Å²) in [4.78, 5) is 77.9. The van der Waals surface area contributed by atoms with E-state index in [0.717, 1.165) is 11.0 Å². The van der Waals surface area contributed by atoms with Gasteiger partial charge in [-0.15, -0.1) is 0 Å². The van der Waals surface area contributed by atoms with E-state index >= 15 is 0 Å². The number of hydrogen-bond donors (Lipinski definition) is 7. The van der Waals surface area contributed by atoms with Gasteiger partial charge in [0.25, 0.3) is 11.5 Å². The summed E-state index contributed by atoms with van der Waals surface area (Å²) < 4.78 is 7.09. The van der Waals surface area contributed by atoms with E-state index in [9.17, 15) is 28.8 Å². The number of hydrogen-bond acceptors (Lipinski definition) is 9. The Morgan fingerprint density at radius 3 is 2.57 bits per heavy atom. The van der Waals surface area contributed by atoms with Crippen molar-refractivity contribution in [3.63, 3.8) is 0 Å². The third kappa shape index (κ3) is 9.77. The Morgan fingerprint density at radius 1 is 1.11 bits per heavy atom. The van der Waals surface area contributed by atoms with Crippen LogP contribution in [-0.4, -0.2) is 71.0 Å². The Balaban J connectivity index is 1.88. The summed E-state index contributed by atoms with van der Waals surface area (Å²) in [5.74, 6) is -1.86. The first kappa shape index (κ1) is 34.0. The largest absolute Gasteiger partial charge is 0.491 e. The van der Waals surface area contributed by atoms with Gasteiger partial charge in [0.1, 0.15) is 31.0 Å². The summed E-state index contributed by atoms with van der Waals surface area (Å²) in [6.45, 7) is 5.27. The van der Waals surface area contributed by atoms with Crippen molar-refractivity contribution in [2.75, 3.05) is 25.0 Å². The van der Waals surface area contributed by atoms with Gasteiger partial charge in [-0.05, 0) is 56.8 Å². The molecule has 15 heteroatoms. The molecule has 44 heavy (non-hydrogen) atoms. The zero-order valence-electron chi connectivity index (χ0n) is 25.2. The number of unbranched alkanes of at least 4 members (excludes halogenated alkanes) is 1. The van der Waals surface area contributed by atoms with Gasteiger partial charge < -0.3 is 37.5 Å². The number of nitrogens with one attached hydrogen (secondary N) is 5. The van der Waals surface area contributed by atoms with Crippen molar-refractivity contribution >= 4 is 29.3 Å². The van der Waals surface area contributed by atoms with Crippen molar-refractivity contribution in [1.29, 1.82) is 0 Å². The second-order valence-corrected chi connectivity index (χ2v) is 11.3. The normalized spacial score (nSPS) is 19.6. The Bertz CT molecular complexity index is 1470. The summed E-state index contributed by atoms with van der Waals surface area (Å²) in [5, 5.41) is 10.9. The van der Waals surface area contributed by atoms with Crippen molar-refractivity contribution in [1.82, 2.24) is 25.5 Å². The van der Waals surface area contributed by atoms with Crippen LogP contribution in [0.25, 0.3) is 0 Å². The standard InChI is InChI=1S/C29H42N8O7/c1-16(2)10-22-28(42)34-19(6-4-5-9-30)15-44-23-8-7-18(11-20(23)26(40)32-12-21(31)27(41)35-22)33-24(38)14-37-13-17(3)25(39)36-29(37)43/h7-8,11,13,16,19,21-22H,4-6,9-10,12,14-15,30-31H2,1-3H3,(H,32,40)(H,33,38)(H,34,42)(H,35,41)(H,36,39,43)/t19?,21-,22-/m0/s1. The van der Waals surface area contributed by atoms with Crippen LogP contribution in [0.1, 0.15) is 55.5 Å². The number of aromatic nitrogens is 2. The monoisotopic (exact) mass is 614 g/mol. The van der Waals surface area contributed by atoms with E-state index in [1.807, 2.05) is 13.8 Å². The fraction of sp³-hybridized carbons (Fsp3) is 0.517. The highest BCUT2D eigenvalue weighted by Crippen LogP contribution is 2.24. The molecule has 0 spiro atoms. The highest BCUT2D eigenvalue weighted by molar-refractivity contribution is 6.00. The SMILES string of the molecule is Cc1cn(CC(=O)Nc2ccc3c(c2)C(=O)NC[C@H](N)C(=O)N[C@@H](CC(C)C)C(=O)NC(CCCCN)CO3)c(=O)[nH]c1=O. The molecule has 3 rings (SSSR count). The summed E-state index contributed by atoms with van der Waals surface area (Å²) in [6.07, 6.45) is 3.66. The number of aryl methyl sites for hydroxylation is 1. The quantitative estimate of drug-likeness (QED) is 0.173. The van der Waals surface area contributed by atoms with Crippen LogP contribution >= 0.6 is 0 Å². The lowest BCUT2D eigenvalue weighted by molar-refractivity contribution is -0.130. The first-order valence-electron chi connectivity index (χ1n) is 14.6. The van der Waals surface area contributed by atoms with Crippen LogP contribution in [0.3, 0.4) is 0 Å². The smallest absolute Gasteiger partial charge is 0.328 e. The van der Waals surface area contributed by atoms with E-state index in [1.165, 1.54) is 31.3 Å². The van der Waals surface area contributed by atoms with Crippen molar-refractivity contribution in [3.05, 3.63) is 56.4 Å². The van der Waals surface area contributed by atoms with Crippen molar-refractivity contribution in [2.24, 2.45) is 17.4 Å². The van der Waals surface area contributed by atoms with Crippen LogP contribution in [0.4, 0.5) is 5.69 Å². The van der Waals surface area contributed by atoms with Crippen molar-refractivity contribution < 1.29 is 23.9 Å². The molecule has 0 saturated carbocycles. The highest BCUT2D eigenvalue weighted by atomic mass is 16.5. The lowest BCUT2D eigenvalue weighted by Crippen LogP contribution is -2.56. The molecule has 2 aromatic rings. The summed E-state index contributed by atoms with van der Waals surface area (Å²) in [7, 11) is 0. The van der Waals surface area contributed by atoms with Crippen LogP contribution in [0.15, 0.2) is 34.0 Å². The molecule has 2 heterocycles. The van der Waals surface area contributed by atoms with Gasteiger partial charge in [0.05, 0.1) is 11.6 Å². The molecule has 1 aromatic heterocycles. The van der Waals surface area contributed by atoms with Gasteiger partial charge >= 0.3 is 5.69 Å². The minimum atomic E-state index is -1.14. The minimum absolute atomic E-state index is 0.0264. The second kappa shape index (κ2) is 15.8. The first-order chi connectivity index (χ1) is 20.9. The number of rotatable bonds is 9. The second-order valence-electron chi connectivity index (χ2n) is 11.3. The van der Waals surface area contributed by atoms with E-state index in [2.05, 4.69) is 26.3 Å². The van der Waals surface area contributed by atoms with Crippen LogP contribution in [-0.2, 0) is 20.9 Å².